The van der Waals surface area contributed by atoms with E-state index in [0.29, 0.717) is 34.2 Å². The van der Waals surface area contributed by atoms with Gasteiger partial charge in [0.1, 0.15) is 17.9 Å². The van der Waals surface area contributed by atoms with Gasteiger partial charge in [-0.3, -0.25) is 14.7 Å². The van der Waals surface area contributed by atoms with Crippen molar-refractivity contribution in [2.24, 2.45) is 5.73 Å². The lowest BCUT2D eigenvalue weighted by Crippen LogP contribution is -2.51. The Kier molecular flexibility index (Phi) is 8.57. The third-order valence-electron chi connectivity index (χ3n) is 8.04. The number of aldehydes is 1. The van der Waals surface area contributed by atoms with Gasteiger partial charge in [0.25, 0.3) is 0 Å². The van der Waals surface area contributed by atoms with Gasteiger partial charge in [0, 0.05) is 46.1 Å². The molecule has 0 bridgehead atoms. The van der Waals surface area contributed by atoms with Gasteiger partial charge in [-0.15, -0.1) is 0 Å². The molecule has 10 nitrogen and oxygen atoms in total. The van der Waals surface area contributed by atoms with E-state index in [9.17, 15) is 28.2 Å². The van der Waals surface area contributed by atoms with Crippen LogP contribution in [0.1, 0.15) is 65.3 Å². The Morgan fingerprint density at radius 2 is 1.93 bits per heavy atom. The highest BCUT2D eigenvalue weighted by molar-refractivity contribution is 6.12. The summed E-state index contributed by atoms with van der Waals surface area (Å²) in [5.41, 5.74) is 8.46. The van der Waals surface area contributed by atoms with Crippen molar-refractivity contribution >= 4 is 19.6 Å². The fourth-order valence-corrected chi connectivity index (χ4v) is 5.97. The Balaban J connectivity index is 0.000000484. The van der Waals surface area contributed by atoms with Crippen LogP contribution in [0.15, 0.2) is 55.0 Å². The molecule has 2 radical (unpaired) electrons. The van der Waals surface area contributed by atoms with Crippen LogP contribution in [0.3, 0.4) is 0 Å². The maximum absolute atomic E-state index is 13.8. The number of aromatic nitrogens is 3. The average molecular weight is 609 g/mol. The van der Waals surface area contributed by atoms with Gasteiger partial charge >= 0.3 is 6.61 Å². The van der Waals surface area contributed by atoms with Crippen molar-refractivity contribution < 1.29 is 38.0 Å². The van der Waals surface area contributed by atoms with Gasteiger partial charge in [0.15, 0.2) is 13.7 Å². The van der Waals surface area contributed by atoms with Crippen molar-refractivity contribution in [3.8, 4) is 16.9 Å². The first-order valence-electron chi connectivity index (χ1n) is 13.8. The fraction of sp³-hybridized carbons (Fsp3) is 0.367. The minimum atomic E-state index is -3.14. The average Bonchev–Trinajstić information content (AvgIpc) is 3.48. The second kappa shape index (κ2) is 11.9. The van der Waals surface area contributed by atoms with Gasteiger partial charge in [-0.2, -0.15) is 13.9 Å². The molecule has 230 valence electrons. The molecular weight excluding hydrogens is 578 g/mol. The van der Waals surface area contributed by atoms with E-state index in [1.165, 1.54) is 42.0 Å². The smallest absolute Gasteiger partial charge is 0.387 e. The Labute approximate surface area is 252 Å². The fourth-order valence-electron chi connectivity index (χ4n) is 5.97. The van der Waals surface area contributed by atoms with Crippen molar-refractivity contribution in [1.82, 2.24) is 19.5 Å². The minimum Gasteiger partial charge on any atom is -0.434 e. The van der Waals surface area contributed by atoms with E-state index in [-0.39, 0.29) is 34.9 Å². The molecule has 1 aromatic carbocycles. The van der Waals surface area contributed by atoms with Gasteiger partial charge in [0.2, 0.25) is 0 Å². The van der Waals surface area contributed by atoms with Crippen LogP contribution >= 0.6 is 0 Å². The number of rotatable bonds is 7. The number of pyridine rings is 2. The number of carbonyl (C=O) groups excluding carboxylic acids is 1. The molecule has 0 spiro atoms. The molecule has 1 fully saturated rings. The van der Waals surface area contributed by atoms with Crippen LogP contribution in [-0.4, -0.2) is 80.1 Å². The lowest BCUT2D eigenvalue weighted by atomic mass is 9.77. The summed E-state index contributed by atoms with van der Waals surface area (Å²) < 4.78 is 46.7. The lowest BCUT2D eigenvalue weighted by Gasteiger charge is -2.38. The topological polar surface area (TPSA) is 146 Å². The van der Waals surface area contributed by atoms with Gasteiger partial charge in [0.05, 0.1) is 29.6 Å². The van der Waals surface area contributed by atoms with Crippen molar-refractivity contribution in [1.29, 1.82) is 0 Å². The van der Waals surface area contributed by atoms with Crippen LogP contribution in [0.2, 0.25) is 0 Å². The minimum absolute atomic E-state index is 0.0561. The lowest BCUT2D eigenvalue weighted by molar-refractivity contribution is -0.202. The molecule has 3 heterocycles. The van der Waals surface area contributed by atoms with Crippen molar-refractivity contribution in [3.05, 3.63) is 83.2 Å². The van der Waals surface area contributed by atoms with E-state index in [0.717, 1.165) is 23.9 Å². The zero-order valence-corrected chi connectivity index (χ0v) is 23.9. The van der Waals surface area contributed by atoms with Gasteiger partial charge in [-0.05, 0) is 63.1 Å². The maximum Gasteiger partial charge on any atom is 0.387 e. The van der Waals surface area contributed by atoms with Crippen LogP contribution in [0.4, 0.5) is 13.2 Å². The highest BCUT2D eigenvalue weighted by Crippen LogP contribution is 2.51. The van der Waals surface area contributed by atoms with Crippen molar-refractivity contribution in [2.75, 3.05) is 7.05 Å². The molecule has 1 saturated carbocycles. The highest BCUT2D eigenvalue weighted by Gasteiger charge is 2.44. The third-order valence-corrected chi connectivity index (χ3v) is 8.04. The number of hydrogen-bond acceptors (Lipinski definition) is 9. The summed E-state index contributed by atoms with van der Waals surface area (Å²) in [5, 5.41) is 33.5. The van der Waals surface area contributed by atoms with Gasteiger partial charge < -0.3 is 25.8 Å². The number of nitrogens with two attached hydrogens (primary N) is 1. The monoisotopic (exact) mass is 609 g/mol. The van der Waals surface area contributed by atoms with E-state index < -0.39 is 30.2 Å². The number of fused-ring (bicyclic) bond motifs is 3. The first kappa shape index (κ1) is 31.6. The summed E-state index contributed by atoms with van der Waals surface area (Å²) in [5.74, 6) is -4.12. The maximum atomic E-state index is 13.8. The van der Waals surface area contributed by atoms with Crippen molar-refractivity contribution in [3.63, 3.8) is 0 Å². The number of aliphatic hydroxyl groups excluding tert-OH is 1. The zero-order chi connectivity index (χ0) is 32.0. The van der Waals surface area contributed by atoms with E-state index in [2.05, 4.69) is 10.1 Å². The Morgan fingerprint density at radius 1 is 1.20 bits per heavy atom. The Hall–Kier alpha value is -3.82. The first-order valence-corrected chi connectivity index (χ1v) is 13.8. The predicted molar refractivity (Wildman–Crippen MR) is 155 cm³/mol. The number of ether oxygens (including phenoxy) is 1. The van der Waals surface area contributed by atoms with E-state index in [1.54, 1.807) is 18.3 Å². The standard InChI is InChI=1S/C25H20BF3N4O4.C5H11NO/c1-32(25(26,35)36)19-9-17(21-14(12-34)3-2-4-20(21)37-24(28)29)22-18-8-13(5-6-33(18)31-23(19)22)15-7-16(27)11-30-10-15;1-5(6)2-4(7)3-5/h2-8,10-12,17,19,24,35-36H,9H2,1H3;4,7H,2-3,6H2,1H3. The molecule has 14 heteroatoms. The Bertz CT molecular complexity index is 1670. The molecule has 3 aromatic heterocycles. The molecule has 6 rings (SSSR count). The summed E-state index contributed by atoms with van der Waals surface area (Å²) in [6.07, 6.45) is 6.31. The van der Waals surface area contributed by atoms with E-state index in [1.807, 2.05) is 6.92 Å². The normalized spacial score (nSPS) is 22.8. The molecule has 5 N–H and O–H groups in total. The summed E-state index contributed by atoms with van der Waals surface area (Å²) in [6.45, 7) is -1.18. The number of nitrogens with zero attached hydrogens (tertiary/aromatic N) is 4. The third kappa shape index (κ3) is 6.35. The van der Waals surface area contributed by atoms with Crippen LogP contribution < -0.4 is 10.5 Å². The first-order chi connectivity index (χ1) is 20.7. The molecule has 0 amide bonds. The Morgan fingerprint density at radius 3 is 2.50 bits per heavy atom. The quantitative estimate of drug-likeness (QED) is 0.141. The number of benzene rings is 1. The van der Waals surface area contributed by atoms with Gasteiger partial charge in [-0.1, -0.05) is 12.1 Å². The molecule has 2 atom stereocenters. The van der Waals surface area contributed by atoms with E-state index >= 15 is 0 Å². The van der Waals surface area contributed by atoms with Crippen LogP contribution in [-0.2, 0) is 0 Å². The molecule has 44 heavy (non-hydrogen) atoms. The number of hydrogen-bond donors (Lipinski definition) is 4. The molecule has 2 unspecified atom stereocenters. The predicted octanol–water partition coefficient (Wildman–Crippen LogP) is 3.08. The second-order valence-electron chi connectivity index (χ2n) is 11.5. The molecule has 0 saturated heterocycles. The number of halogens is 3. The van der Waals surface area contributed by atoms with E-state index in [4.69, 9.17) is 23.4 Å². The highest BCUT2D eigenvalue weighted by atomic mass is 19.3. The van der Waals surface area contributed by atoms with Gasteiger partial charge in [-0.25, -0.2) is 8.91 Å². The number of alkyl halides is 2. The summed E-state index contributed by atoms with van der Waals surface area (Å²) in [4.78, 5) is 16.9. The summed E-state index contributed by atoms with van der Waals surface area (Å²) in [6, 6.07) is 8.25. The van der Waals surface area contributed by atoms with Crippen LogP contribution in [0, 0.1) is 5.82 Å². The SMILES string of the molecule is CC1(N)CC(O)C1.[B]C(O)(O)N(C)C1CC(c2c(C=O)cccc2OC(F)F)c2c1nn1ccc(-c3cncc(F)c3)cc21. The molecular formula is C30H31BF3N5O5. The largest absolute Gasteiger partial charge is 0.434 e. The molecule has 4 aromatic rings. The van der Waals surface area contributed by atoms with Crippen molar-refractivity contribution in [2.45, 2.75) is 62.2 Å². The number of aliphatic hydroxyl groups is 3. The zero-order valence-electron chi connectivity index (χ0n) is 23.9. The molecule has 2 aliphatic carbocycles. The second-order valence-corrected chi connectivity index (χ2v) is 11.5. The van der Waals surface area contributed by atoms with Crippen LogP contribution in [0.25, 0.3) is 16.6 Å². The summed E-state index contributed by atoms with van der Waals surface area (Å²) in [7, 11) is 6.92. The summed E-state index contributed by atoms with van der Waals surface area (Å²) >= 11 is 0. The molecule has 0 aliphatic heterocycles. The molecule has 2 aliphatic rings. The number of carbonyl (C=O) groups is 1. The van der Waals surface area contributed by atoms with Crippen LogP contribution in [0.5, 0.6) is 5.75 Å².